The van der Waals surface area contributed by atoms with Crippen LogP contribution in [0.4, 0.5) is 5.69 Å². The number of hydrogen-bond donors (Lipinski definition) is 3. The van der Waals surface area contributed by atoms with Gasteiger partial charge in [-0.1, -0.05) is 0 Å². The number of anilines is 1. The molecule has 1 atom stereocenters. The lowest BCUT2D eigenvalue weighted by Crippen LogP contribution is -2.57. The number of nitrogens with zero attached hydrogens (tertiary/aromatic N) is 1. The van der Waals surface area contributed by atoms with Crippen molar-refractivity contribution in [2.24, 2.45) is 23.2 Å². The third-order valence-corrected chi connectivity index (χ3v) is 7.26. The highest BCUT2D eigenvalue weighted by Gasteiger charge is 2.53. The van der Waals surface area contributed by atoms with Crippen molar-refractivity contribution >= 4 is 28.4 Å². The van der Waals surface area contributed by atoms with Gasteiger partial charge in [0.2, 0.25) is 0 Å². The summed E-state index contributed by atoms with van der Waals surface area (Å²) in [4.78, 5) is 24.9. The highest BCUT2D eigenvalue weighted by molar-refractivity contribution is 6.39. The number of hydrogen-bond acceptors (Lipinski definition) is 3. The largest absolute Gasteiger partial charge is 0.345 e. The molecule has 6 nitrogen and oxygen atoms in total. The van der Waals surface area contributed by atoms with Crippen molar-refractivity contribution in [2.75, 3.05) is 5.32 Å². The van der Waals surface area contributed by atoms with E-state index in [0.717, 1.165) is 28.7 Å². The SMILES string of the molecule is CC(NC(=O)C(=O)Nc1ccc2cn[nH]c2c1)C12CC3CC(CC(C3)C1)C2. The van der Waals surface area contributed by atoms with Crippen molar-refractivity contribution < 1.29 is 9.59 Å². The molecule has 1 heterocycles. The molecule has 0 aliphatic heterocycles. The standard InChI is InChI=1S/C21H26N4O2/c1-12(21-8-13-4-14(9-21)6-15(5-13)10-21)23-19(26)20(27)24-17-3-2-16-11-22-25-18(16)7-17/h2-3,7,11-15H,4-6,8-10H2,1H3,(H,22,25)(H,23,26)(H,24,27). The second-order valence-electron chi connectivity index (χ2n) is 9.10. The Kier molecular flexibility index (Phi) is 3.78. The van der Waals surface area contributed by atoms with Crippen LogP contribution in [-0.2, 0) is 9.59 Å². The smallest absolute Gasteiger partial charge is 0.313 e. The molecule has 4 aliphatic rings. The zero-order chi connectivity index (χ0) is 18.6. The van der Waals surface area contributed by atoms with Gasteiger partial charge in [0.05, 0.1) is 11.7 Å². The first-order chi connectivity index (χ1) is 13.0. The van der Waals surface area contributed by atoms with E-state index in [9.17, 15) is 9.59 Å². The Bertz CT molecular complexity index is 867. The summed E-state index contributed by atoms with van der Waals surface area (Å²) >= 11 is 0. The number of carbonyl (C=O) groups excluding carboxylic acids is 2. The molecule has 1 unspecified atom stereocenters. The molecule has 2 amide bonds. The number of nitrogens with one attached hydrogen (secondary N) is 3. The van der Waals surface area contributed by atoms with E-state index >= 15 is 0 Å². The van der Waals surface area contributed by atoms with E-state index in [4.69, 9.17) is 0 Å². The second kappa shape index (κ2) is 6.08. The van der Waals surface area contributed by atoms with Gasteiger partial charge in [0, 0.05) is 17.1 Å². The van der Waals surface area contributed by atoms with Crippen molar-refractivity contribution in [1.82, 2.24) is 15.5 Å². The monoisotopic (exact) mass is 366 g/mol. The number of fused-ring (bicyclic) bond motifs is 1. The first-order valence-corrected chi connectivity index (χ1v) is 10.1. The van der Waals surface area contributed by atoms with Crippen LogP contribution in [0.3, 0.4) is 0 Å². The molecule has 0 saturated heterocycles. The van der Waals surface area contributed by atoms with Crippen molar-refractivity contribution in [3.8, 4) is 0 Å². The summed E-state index contributed by atoms with van der Waals surface area (Å²) in [6.45, 7) is 2.09. The summed E-state index contributed by atoms with van der Waals surface area (Å²) in [5, 5.41) is 13.5. The Morgan fingerprint density at radius 3 is 2.44 bits per heavy atom. The molecular formula is C21H26N4O2. The highest BCUT2D eigenvalue weighted by Crippen LogP contribution is 2.61. The summed E-state index contributed by atoms with van der Waals surface area (Å²) in [6.07, 6.45) is 9.46. The van der Waals surface area contributed by atoms with E-state index in [1.54, 1.807) is 18.3 Å². The zero-order valence-electron chi connectivity index (χ0n) is 15.6. The lowest BCUT2D eigenvalue weighted by atomic mass is 9.48. The number of rotatable bonds is 3. The fourth-order valence-electron chi connectivity index (χ4n) is 6.33. The van der Waals surface area contributed by atoms with Crippen molar-refractivity contribution in [3.05, 3.63) is 24.4 Å². The number of benzene rings is 1. The molecule has 2 aromatic rings. The molecule has 4 aliphatic carbocycles. The van der Waals surface area contributed by atoms with Crippen molar-refractivity contribution in [2.45, 2.75) is 51.5 Å². The molecule has 6 rings (SSSR count). The van der Waals surface area contributed by atoms with Crippen LogP contribution < -0.4 is 10.6 Å². The van der Waals surface area contributed by atoms with Gasteiger partial charge < -0.3 is 10.6 Å². The lowest BCUT2D eigenvalue weighted by Gasteiger charge is -2.59. The van der Waals surface area contributed by atoms with Gasteiger partial charge in [0.15, 0.2) is 0 Å². The molecule has 4 fully saturated rings. The van der Waals surface area contributed by atoms with Crippen LogP contribution in [-0.4, -0.2) is 28.1 Å². The van der Waals surface area contributed by atoms with Crippen LogP contribution in [0.1, 0.15) is 45.4 Å². The quantitative estimate of drug-likeness (QED) is 0.729. The minimum absolute atomic E-state index is 0.0410. The Hall–Kier alpha value is -2.37. The first-order valence-electron chi connectivity index (χ1n) is 10.1. The third kappa shape index (κ3) is 2.91. The summed E-state index contributed by atoms with van der Waals surface area (Å²) in [5.41, 5.74) is 1.61. The summed E-state index contributed by atoms with van der Waals surface area (Å²) in [5.74, 6) is 1.33. The van der Waals surface area contributed by atoms with Gasteiger partial charge in [0.25, 0.3) is 0 Å². The Morgan fingerprint density at radius 2 is 1.78 bits per heavy atom. The fraction of sp³-hybridized carbons (Fsp3) is 0.571. The van der Waals surface area contributed by atoms with E-state index in [-0.39, 0.29) is 11.5 Å². The van der Waals surface area contributed by atoms with E-state index < -0.39 is 11.8 Å². The van der Waals surface area contributed by atoms with Crippen LogP contribution in [0, 0.1) is 23.2 Å². The Balaban J connectivity index is 1.25. The minimum Gasteiger partial charge on any atom is -0.345 e. The number of H-pyrrole nitrogens is 1. The van der Waals surface area contributed by atoms with Gasteiger partial charge in [-0.25, -0.2) is 0 Å². The predicted molar refractivity (Wildman–Crippen MR) is 103 cm³/mol. The van der Waals surface area contributed by atoms with E-state index in [0.29, 0.717) is 5.69 Å². The predicted octanol–water partition coefficient (Wildman–Crippen LogP) is 3.22. The molecule has 4 bridgehead atoms. The number of amides is 2. The van der Waals surface area contributed by atoms with Gasteiger partial charge >= 0.3 is 11.8 Å². The van der Waals surface area contributed by atoms with Gasteiger partial charge in [0.1, 0.15) is 0 Å². The Morgan fingerprint density at radius 1 is 1.11 bits per heavy atom. The maximum atomic E-state index is 12.5. The van der Waals surface area contributed by atoms with Crippen LogP contribution in [0.15, 0.2) is 24.4 Å². The van der Waals surface area contributed by atoms with Crippen LogP contribution in [0.5, 0.6) is 0 Å². The van der Waals surface area contributed by atoms with Gasteiger partial charge in [-0.3, -0.25) is 14.7 Å². The molecule has 1 aromatic carbocycles. The summed E-state index contributed by atoms with van der Waals surface area (Å²) in [6, 6.07) is 5.48. The van der Waals surface area contributed by atoms with Crippen molar-refractivity contribution in [3.63, 3.8) is 0 Å². The van der Waals surface area contributed by atoms with E-state index in [1.165, 1.54) is 38.5 Å². The number of aromatic amines is 1. The molecule has 0 radical (unpaired) electrons. The zero-order valence-corrected chi connectivity index (χ0v) is 15.6. The maximum absolute atomic E-state index is 12.5. The lowest BCUT2D eigenvalue weighted by molar-refractivity contribution is -0.138. The first kappa shape index (κ1) is 16.8. The third-order valence-electron chi connectivity index (χ3n) is 7.26. The van der Waals surface area contributed by atoms with Crippen LogP contribution in [0.25, 0.3) is 10.9 Å². The summed E-state index contributed by atoms with van der Waals surface area (Å²) < 4.78 is 0. The van der Waals surface area contributed by atoms with Gasteiger partial charge in [-0.05, 0) is 86.8 Å². The maximum Gasteiger partial charge on any atom is 0.313 e. The molecule has 27 heavy (non-hydrogen) atoms. The van der Waals surface area contributed by atoms with Crippen LogP contribution in [0.2, 0.25) is 0 Å². The normalized spacial score (nSPS) is 32.4. The van der Waals surface area contributed by atoms with Gasteiger partial charge in [-0.15, -0.1) is 0 Å². The topological polar surface area (TPSA) is 86.9 Å². The molecular weight excluding hydrogens is 340 g/mol. The summed E-state index contributed by atoms with van der Waals surface area (Å²) in [7, 11) is 0. The Labute approximate surface area is 158 Å². The van der Waals surface area contributed by atoms with E-state index in [1.807, 2.05) is 6.07 Å². The van der Waals surface area contributed by atoms with Gasteiger partial charge in [-0.2, -0.15) is 5.10 Å². The number of aromatic nitrogens is 2. The molecule has 6 heteroatoms. The van der Waals surface area contributed by atoms with Crippen molar-refractivity contribution in [1.29, 1.82) is 0 Å². The number of carbonyl (C=O) groups is 2. The molecule has 3 N–H and O–H groups in total. The molecule has 142 valence electrons. The fourth-order valence-corrected chi connectivity index (χ4v) is 6.33. The average molecular weight is 366 g/mol. The molecule has 1 aromatic heterocycles. The van der Waals surface area contributed by atoms with E-state index in [2.05, 4.69) is 27.8 Å². The highest BCUT2D eigenvalue weighted by atomic mass is 16.2. The molecule has 0 spiro atoms. The van der Waals surface area contributed by atoms with Crippen LogP contribution >= 0.6 is 0 Å². The molecule has 4 saturated carbocycles. The minimum atomic E-state index is -0.606. The average Bonchev–Trinajstić information content (AvgIpc) is 3.08. The second-order valence-corrected chi connectivity index (χ2v) is 9.10.